The van der Waals surface area contributed by atoms with E-state index in [2.05, 4.69) is 0 Å². The molecule has 0 saturated heterocycles. The molecule has 1 aromatic rings. The van der Waals surface area contributed by atoms with Gasteiger partial charge in [-0.05, 0) is 38.5 Å². The van der Waals surface area contributed by atoms with Gasteiger partial charge in [0, 0.05) is 0 Å². The van der Waals surface area contributed by atoms with Gasteiger partial charge in [0.1, 0.15) is 0 Å². The van der Waals surface area contributed by atoms with Crippen LogP contribution in [0.5, 0.6) is 11.5 Å². The number of hydrogen-bond donors (Lipinski definition) is 0. The Balaban J connectivity index is 2.81. The summed E-state index contributed by atoms with van der Waals surface area (Å²) in [4.78, 5) is 11.4. The Labute approximate surface area is 108 Å². The Hall–Kier alpha value is -1.71. The SMILES string of the molecule is CCOC(=O)Cc1ccc(OCC)c(OCC)c1. The maximum atomic E-state index is 11.4. The van der Waals surface area contributed by atoms with Crippen LogP contribution in [0.25, 0.3) is 0 Å². The molecule has 0 aromatic heterocycles. The molecule has 0 spiro atoms. The average molecular weight is 252 g/mol. The Morgan fingerprint density at radius 2 is 1.67 bits per heavy atom. The first-order valence-corrected chi connectivity index (χ1v) is 6.25. The normalized spacial score (nSPS) is 9.94. The highest BCUT2D eigenvalue weighted by molar-refractivity contribution is 5.72. The monoisotopic (exact) mass is 252 g/mol. The lowest BCUT2D eigenvalue weighted by atomic mass is 10.1. The lowest BCUT2D eigenvalue weighted by Crippen LogP contribution is -2.08. The molecule has 0 radical (unpaired) electrons. The van der Waals surface area contributed by atoms with Crippen molar-refractivity contribution >= 4 is 5.97 Å². The van der Waals surface area contributed by atoms with Gasteiger partial charge in [-0.15, -0.1) is 0 Å². The van der Waals surface area contributed by atoms with Crippen molar-refractivity contribution in [2.24, 2.45) is 0 Å². The summed E-state index contributed by atoms with van der Waals surface area (Å²) in [6.07, 6.45) is 0.250. The van der Waals surface area contributed by atoms with Crippen LogP contribution in [0.2, 0.25) is 0 Å². The van der Waals surface area contributed by atoms with E-state index >= 15 is 0 Å². The quantitative estimate of drug-likeness (QED) is 0.700. The minimum atomic E-state index is -0.232. The number of carbonyl (C=O) groups excluding carboxylic acids is 1. The topological polar surface area (TPSA) is 44.8 Å². The van der Waals surface area contributed by atoms with Crippen LogP contribution in [-0.2, 0) is 16.0 Å². The van der Waals surface area contributed by atoms with Crippen molar-refractivity contribution in [2.45, 2.75) is 27.2 Å². The second kappa shape index (κ2) is 7.58. The molecule has 1 aromatic carbocycles. The minimum Gasteiger partial charge on any atom is -0.490 e. The molecule has 4 heteroatoms. The Morgan fingerprint density at radius 1 is 1.00 bits per heavy atom. The summed E-state index contributed by atoms with van der Waals surface area (Å²) in [5.41, 5.74) is 0.861. The highest BCUT2D eigenvalue weighted by atomic mass is 16.5. The van der Waals surface area contributed by atoms with Gasteiger partial charge in [-0.1, -0.05) is 6.07 Å². The van der Waals surface area contributed by atoms with E-state index in [1.165, 1.54) is 0 Å². The highest BCUT2D eigenvalue weighted by Crippen LogP contribution is 2.28. The Bertz CT molecular complexity index is 387. The summed E-state index contributed by atoms with van der Waals surface area (Å²) in [7, 11) is 0. The van der Waals surface area contributed by atoms with Crippen LogP contribution in [0.1, 0.15) is 26.3 Å². The zero-order chi connectivity index (χ0) is 13.4. The molecular weight excluding hydrogens is 232 g/mol. The largest absolute Gasteiger partial charge is 0.490 e. The fourth-order valence-electron chi connectivity index (χ4n) is 1.58. The Morgan fingerprint density at radius 3 is 2.28 bits per heavy atom. The summed E-state index contributed by atoms with van der Waals surface area (Å²) in [5.74, 6) is 1.14. The summed E-state index contributed by atoms with van der Waals surface area (Å²) >= 11 is 0. The molecule has 1 rings (SSSR count). The molecule has 0 atom stereocenters. The second-order valence-corrected chi connectivity index (χ2v) is 3.63. The molecule has 0 amide bonds. The van der Waals surface area contributed by atoms with E-state index in [1.54, 1.807) is 6.92 Å². The van der Waals surface area contributed by atoms with Crippen molar-refractivity contribution in [3.05, 3.63) is 23.8 Å². The summed E-state index contributed by atoms with van der Waals surface area (Å²) < 4.78 is 15.9. The number of carbonyl (C=O) groups is 1. The fourth-order valence-corrected chi connectivity index (χ4v) is 1.58. The van der Waals surface area contributed by atoms with Crippen LogP contribution in [-0.4, -0.2) is 25.8 Å². The van der Waals surface area contributed by atoms with E-state index in [4.69, 9.17) is 14.2 Å². The molecule has 0 aliphatic heterocycles. The van der Waals surface area contributed by atoms with E-state index < -0.39 is 0 Å². The molecule has 0 N–H and O–H groups in total. The predicted octanol–water partition coefficient (Wildman–Crippen LogP) is 2.59. The van der Waals surface area contributed by atoms with Gasteiger partial charge < -0.3 is 14.2 Å². The molecule has 4 nitrogen and oxygen atoms in total. The maximum Gasteiger partial charge on any atom is 0.310 e. The smallest absolute Gasteiger partial charge is 0.310 e. The van der Waals surface area contributed by atoms with Crippen molar-refractivity contribution in [3.63, 3.8) is 0 Å². The minimum absolute atomic E-state index is 0.232. The first-order valence-electron chi connectivity index (χ1n) is 6.25. The van der Waals surface area contributed by atoms with Gasteiger partial charge in [0.25, 0.3) is 0 Å². The molecule has 0 fully saturated rings. The van der Waals surface area contributed by atoms with Crippen LogP contribution < -0.4 is 9.47 Å². The molecule has 0 bridgehead atoms. The third kappa shape index (κ3) is 4.28. The van der Waals surface area contributed by atoms with E-state index in [1.807, 2.05) is 32.0 Å². The van der Waals surface area contributed by atoms with Crippen molar-refractivity contribution in [3.8, 4) is 11.5 Å². The fraction of sp³-hybridized carbons (Fsp3) is 0.500. The lowest BCUT2D eigenvalue weighted by molar-refractivity contribution is -0.142. The second-order valence-electron chi connectivity index (χ2n) is 3.63. The zero-order valence-corrected chi connectivity index (χ0v) is 11.2. The molecule has 100 valence electrons. The van der Waals surface area contributed by atoms with Crippen molar-refractivity contribution in [2.75, 3.05) is 19.8 Å². The Kier molecular flexibility index (Phi) is 6.05. The van der Waals surface area contributed by atoms with Crippen LogP contribution in [0.3, 0.4) is 0 Å². The number of hydrogen-bond acceptors (Lipinski definition) is 4. The molecule has 0 saturated carbocycles. The third-order valence-electron chi connectivity index (χ3n) is 2.26. The van der Waals surface area contributed by atoms with Crippen LogP contribution in [0.4, 0.5) is 0 Å². The van der Waals surface area contributed by atoms with E-state index in [9.17, 15) is 4.79 Å². The van der Waals surface area contributed by atoms with Crippen molar-refractivity contribution < 1.29 is 19.0 Å². The van der Waals surface area contributed by atoms with Gasteiger partial charge in [0.05, 0.1) is 26.2 Å². The standard InChI is InChI=1S/C14H20O4/c1-4-16-12-8-7-11(9-13(12)17-5-2)10-14(15)18-6-3/h7-9H,4-6,10H2,1-3H3. The molecule has 0 aliphatic rings. The van der Waals surface area contributed by atoms with Gasteiger partial charge >= 0.3 is 5.97 Å². The number of rotatable bonds is 7. The van der Waals surface area contributed by atoms with Crippen molar-refractivity contribution in [1.29, 1.82) is 0 Å². The summed E-state index contributed by atoms with van der Waals surface area (Å²) in [5, 5.41) is 0. The van der Waals surface area contributed by atoms with Crippen LogP contribution >= 0.6 is 0 Å². The first kappa shape index (κ1) is 14.4. The molecular formula is C14H20O4. The van der Waals surface area contributed by atoms with Gasteiger partial charge in [-0.2, -0.15) is 0 Å². The van der Waals surface area contributed by atoms with E-state index in [0.717, 1.165) is 5.56 Å². The summed E-state index contributed by atoms with van der Waals surface area (Å²) in [6, 6.07) is 5.50. The number of ether oxygens (including phenoxy) is 3. The van der Waals surface area contributed by atoms with E-state index in [-0.39, 0.29) is 12.4 Å². The number of benzene rings is 1. The zero-order valence-electron chi connectivity index (χ0n) is 11.2. The highest BCUT2D eigenvalue weighted by Gasteiger charge is 2.09. The van der Waals surface area contributed by atoms with Gasteiger partial charge in [0.15, 0.2) is 11.5 Å². The number of esters is 1. The van der Waals surface area contributed by atoms with Gasteiger partial charge in [0.2, 0.25) is 0 Å². The van der Waals surface area contributed by atoms with E-state index in [0.29, 0.717) is 31.3 Å². The maximum absolute atomic E-state index is 11.4. The molecule has 18 heavy (non-hydrogen) atoms. The molecule has 0 unspecified atom stereocenters. The van der Waals surface area contributed by atoms with Crippen LogP contribution in [0, 0.1) is 0 Å². The first-order chi connectivity index (χ1) is 8.71. The predicted molar refractivity (Wildman–Crippen MR) is 69.1 cm³/mol. The van der Waals surface area contributed by atoms with Crippen molar-refractivity contribution in [1.82, 2.24) is 0 Å². The molecule has 0 heterocycles. The molecule has 0 aliphatic carbocycles. The lowest BCUT2D eigenvalue weighted by Gasteiger charge is -2.12. The third-order valence-corrected chi connectivity index (χ3v) is 2.26. The van der Waals surface area contributed by atoms with Gasteiger partial charge in [-0.25, -0.2) is 0 Å². The van der Waals surface area contributed by atoms with Gasteiger partial charge in [-0.3, -0.25) is 4.79 Å². The van der Waals surface area contributed by atoms with Crippen LogP contribution in [0.15, 0.2) is 18.2 Å². The summed E-state index contributed by atoms with van der Waals surface area (Å²) in [6.45, 7) is 7.16. The average Bonchev–Trinajstić information content (AvgIpc) is 2.33.